The Morgan fingerprint density at radius 1 is 1.33 bits per heavy atom. The minimum Gasteiger partial charge on any atom is -0.497 e. The lowest BCUT2D eigenvalue weighted by molar-refractivity contribution is -0.115. The van der Waals surface area contributed by atoms with E-state index in [2.05, 4.69) is 24.1 Å². The van der Waals surface area contributed by atoms with Gasteiger partial charge in [0.1, 0.15) is 10.1 Å². The second kappa shape index (κ2) is 8.89. The van der Waals surface area contributed by atoms with Crippen molar-refractivity contribution in [3.8, 4) is 5.75 Å². The monoisotopic (exact) mass is 326 g/mol. The number of nitrogens with one attached hydrogen (secondary N) is 1. The van der Waals surface area contributed by atoms with Crippen LogP contribution in [0.5, 0.6) is 5.75 Å². The van der Waals surface area contributed by atoms with Crippen molar-refractivity contribution in [2.75, 3.05) is 25.5 Å². The Morgan fingerprint density at radius 2 is 1.90 bits per heavy atom. The second-order valence-corrected chi connectivity index (χ2v) is 6.39. The van der Waals surface area contributed by atoms with Gasteiger partial charge < -0.3 is 15.0 Å². The van der Waals surface area contributed by atoms with Gasteiger partial charge in [0, 0.05) is 18.8 Å². The highest BCUT2D eigenvalue weighted by Gasteiger charge is 2.18. The normalized spacial score (nSPS) is 11.6. The summed E-state index contributed by atoms with van der Waals surface area (Å²) in [6.45, 7) is 7.68. The van der Waals surface area contributed by atoms with Crippen molar-refractivity contribution in [1.82, 2.24) is 4.90 Å². The quantitative estimate of drug-likeness (QED) is 0.812. The van der Waals surface area contributed by atoms with E-state index in [0.717, 1.165) is 28.8 Å². The van der Waals surface area contributed by atoms with Crippen molar-refractivity contribution < 1.29 is 9.53 Å². The van der Waals surface area contributed by atoms with E-state index in [9.17, 15) is 4.79 Å². The van der Waals surface area contributed by atoms with Crippen LogP contribution >= 0.6 is 24.0 Å². The Morgan fingerprint density at radius 3 is 2.38 bits per heavy atom. The van der Waals surface area contributed by atoms with Crippen LogP contribution in [0.25, 0.3) is 0 Å². The van der Waals surface area contributed by atoms with Crippen LogP contribution in [0, 0.1) is 0 Å². The van der Waals surface area contributed by atoms with Gasteiger partial charge in [-0.05, 0) is 45.0 Å². The lowest BCUT2D eigenvalue weighted by atomic mass is 10.3. The highest BCUT2D eigenvalue weighted by atomic mass is 32.2. The van der Waals surface area contributed by atoms with Gasteiger partial charge >= 0.3 is 0 Å². The van der Waals surface area contributed by atoms with Gasteiger partial charge in [0.2, 0.25) is 5.91 Å². The number of carbonyl (C=O) groups excluding carboxylic acids is 1. The molecule has 0 aromatic heterocycles. The maximum atomic E-state index is 12.2. The standard InChI is InChI=1S/C15H22N2O2S2/c1-5-17(6-2)15(20)21-11(3)14(18)16-12-7-9-13(19-4)10-8-12/h7-11H,5-6H2,1-4H3,(H,16,18)/t11-/m0/s1. The molecule has 6 heteroatoms. The number of methoxy groups -OCH3 is 1. The predicted octanol–water partition coefficient (Wildman–Crippen LogP) is 3.38. The molecule has 4 nitrogen and oxygen atoms in total. The van der Waals surface area contributed by atoms with Crippen LogP contribution in [-0.2, 0) is 4.79 Å². The summed E-state index contributed by atoms with van der Waals surface area (Å²) >= 11 is 6.77. The maximum absolute atomic E-state index is 12.2. The molecular formula is C15H22N2O2S2. The van der Waals surface area contributed by atoms with Gasteiger partial charge in [-0.15, -0.1) is 0 Å². The Hall–Kier alpha value is -1.27. The fraction of sp³-hybridized carbons (Fsp3) is 0.467. The number of hydrogen-bond donors (Lipinski definition) is 1. The zero-order chi connectivity index (χ0) is 15.8. The maximum Gasteiger partial charge on any atom is 0.237 e. The van der Waals surface area contributed by atoms with E-state index in [1.165, 1.54) is 11.8 Å². The van der Waals surface area contributed by atoms with Crippen LogP contribution < -0.4 is 10.1 Å². The summed E-state index contributed by atoms with van der Waals surface area (Å²) in [5, 5.41) is 2.64. The molecule has 1 aromatic rings. The number of rotatable bonds is 6. The SMILES string of the molecule is CCN(CC)C(=S)S[C@@H](C)C(=O)Nc1ccc(OC)cc1. The van der Waals surface area contributed by atoms with E-state index in [0.29, 0.717) is 0 Å². The molecule has 21 heavy (non-hydrogen) atoms. The average Bonchev–Trinajstić information content (AvgIpc) is 2.49. The number of amides is 1. The highest BCUT2D eigenvalue weighted by molar-refractivity contribution is 8.23. The Kier molecular flexibility index (Phi) is 7.53. The summed E-state index contributed by atoms with van der Waals surface area (Å²) in [4.78, 5) is 14.2. The third kappa shape index (κ3) is 5.55. The van der Waals surface area contributed by atoms with Crippen molar-refractivity contribution in [3.05, 3.63) is 24.3 Å². The fourth-order valence-electron chi connectivity index (χ4n) is 1.68. The van der Waals surface area contributed by atoms with E-state index >= 15 is 0 Å². The molecule has 0 unspecified atom stereocenters. The van der Waals surface area contributed by atoms with Crippen molar-refractivity contribution in [3.63, 3.8) is 0 Å². The molecule has 1 aromatic carbocycles. The van der Waals surface area contributed by atoms with Crippen LogP contribution in [0.4, 0.5) is 5.69 Å². The van der Waals surface area contributed by atoms with Crippen molar-refractivity contribution in [1.29, 1.82) is 0 Å². The second-order valence-electron chi connectivity index (χ2n) is 4.42. The van der Waals surface area contributed by atoms with E-state index < -0.39 is 0 Å². The molecule has 1 N–H and O–H groups in total. The molecule has 0 aliphatic heterocycles. The number of thioether (sulfide) groups is 1. The van der Waals surface area contributed by atoms with Crippen LogP contribution in [0.2, 0.25) is 0 Å². The molecule has 0 fully saturated rings. The molecule has 0 aliphatic rings. The van der Waals surface area contributed by atoms with Crippen LogP contribution in [0.15, 0.2) is 24.3 Å². The number of benzene rings is 1. The molecule has 1 rings (SSSR count). The zero-order valence-electron chi connectivity index (χ0n) is 12.9. The molecule has 116 valence electrons. The van der Waals surface area contributed by atoms with Crippen molar-refractivity contribution in [2.24, 2.45) is 0 Å². The lowest BCUT2D eigenvalue weighted by Gasteiger charge is -2.22. The zero-order valence-corrected chi connectivity index (χ0v) is 14.5. The summed E-state index contributed by atoms with van der Waals surface area (Å²) in [5.41, 5.74) is 0.752. The number of nitrogens with zero attached hydrogens (tertiary/aromatic N) is 1. The van der Waals surface area contributed by atoms with E-state index in [1.54, 1.807) is 7.11 Å². The largest absolute Gasteiger partial charge is 0.497 e. The number of anilines is 1. The molecule has 0 bridgehead atoms. The first-order chi connectivity index (χ1) is 10.0. The first kappa shape index (κ1) is 17.8. The first-order valence-corrected chi connectivity index (χ1v) is 8.21. The minimum atomic E-state index is -0.236. The molecule has 1 amide bonds. The number of ether oxygens (including phenoxy) is 1. The summed E-state index contributed by atoms with van der Waals surface area (Å²) < 4.78 is 5.85. The Bertz CT molecular complexity index is 473. The van der Waals surface area contributed by atoms with E-state index in [-0.39, 0.29) is 11.2 Å². The summed E-state index contributed by atoms with van der Waals surface area (Å²) in [6.07, 6.45) is 0. The molecule has 0 spiro atoms. The third-order valence-corrected chi connectivity index (χ3v) is 4.60. The minimum absolute atomic E-state index is 0.0559. The molecular weight excluding hydrogens is 304 g/mol. The number of hydrogen-bond acceptors (Lipinski definition) is 4. The van der Waals surface area contributed by atoms with Gasteiger partial charge in [0.05, 0.1) is 12.4 Å². The van der Waals surface area contributed by atoms with Gasteiger partial charge in [-0.1, -0.05) is 24.0 Å². The van der Waals surface area contributed by atoms with Gasteiger partial charge in [-0.3, -0.25) is 4.79 Å². The summed E-state index contributed by atoms with van der Waals surface area (Å²) in [5.74, 6) is 0.706. The van der Waals surface area contributed by atoms with E-state index in [4.69, 9.17) is 17.0 Å². The predicted molar refractivity (Wildman–Crippen MR) is 94.2 cm³/mol. The summed E-state index contributed by atoms with van der Waals surface area (Å²) in [7, 11) is 1.61. The molecule has 0 saturated carbocycles. The third-order valence-electron chi connectivity index (χ3n) is 3.03. The number of carbonyl (C=O) groups is 1. The first-order valence-electron chi connectivity index (χ1n) is 6.92. The van der Waals surface area contributed by atoms with Crippen LogP contribution in [0.3, 0.4) is 0 Å². The van der Waals surface area contributed by atoms with Crippen LogP contribution in [0.1, 0.15) is 20.8 Å². The lowest BCUT2D eigenvalue weighted by Crippen LogP contribution is -2.31. The number of thiocarbonyl (C=S) groups is 1. The van der Waals surface area contributed by atoms with Gasteiger partial charge in [-0.25, -0.2) is 0 Å². The smallest absolute Gasteiger partial charge is 0.237 e. The molecule has 0 radical (unpaired) electrons. The molecule has 0 heterocycles. The van der Waals surface area contributed by atoms with Gasteiger partial charge in [-0.2, -0.15) is 0 Å². The molecule has 0 aliphatic carbocycles. The average molecular weight is 326 g/mol. The molecule has 0 saturated heterocycles. The summed E-state index contributed by atoms with van der Waals surface area (Å²) in [6, 6.07) is 7.26. The van der Waals surface area contributed by atoms with Gasteiger partial charge in [0.25, 0.3) is 0 Å². The van der Waals surface area contributed by atoms with E-state index in [1.807, 2.05) is 31.2 Å². The Balaban J connectivity index is 2.55. The Labute approximate surface area is 136 Å². The van der Waals surface area contributed by atoms with Crippen LogP contribution in [-0.4, -0.2) is 40.6 Å². The van der Waals surface area contributed by atoms with Crippen molar-refractivity contribution >= 4 is 39.9 Å². The fourth-order valence-corrected chi connectivity index (χ4v) is 3.25. The van der Waals surface area contributed by atoms with Gasteiger partial charge in [0.15, 0.2) is 0 Å². The topological polar surface area (TPSA) is 41.6 Å². The van der Waals surface area contributed by atoms with Crippen molar-refractivity contribution in [2.45, 2.75) is 26.0 Å². The molecule has 1 atom stereocenters. The highest BCUT2D eigenvalue weighted by Crippen LogP contribution is 2.19.